The molecule has 0 atom stereocenters. The molecule has 0 aliphatic carbocycles. The first-order valence-corrected chi connectivity index (χ1v) is 10.5. The monoisotopic (exact) mass is 486 g/mol. The summed E-state index contributed by atoms with van der Waals surface area (Å²) >= 11 is 9.53. The molecule has 0 saturated heterocycles. The lowest BCUT2D eigenvalue weighted by Crippen LogP contribution is -2.17. The number of carbonyl (C=O) groups is 1. The second kappa shape index (κ2) is 10.8. The van der Waals surface area contributed by atoms with Gasteiger partial charge in [-0.25, -0.2) is 5.43 Å². The Kier molecular flexibility index (Phi) is 7.88. The van der Waals surface area contributed by atoms with Crippen LogP contribution in [-0.2, 0) is 6.61 Å². The average Bonchev–Trinajstić information content (AvgIpc) is 2.74. The summed E-state index contributed by atoms with van der Waals surface area (Å²) < 4.78 is 12.4. The van der Waals surface area contributed by atoms with Gasteiger partial charge in [-0.05, 0) is 55.0 Å². The first-order chi connectivity index (χ1) is 14.6. The maximum absolute atomic E-state index is 12.2. The predicted molar refractivity (Wildman–Crippen MR) is 123 cm³/mol. The quantitative estimate of drug-likeness (QED) is 0.320. The lowest BCUT2D eigenvalue weighted by atomic mass is 10.2. The average molecular weight is 488 g/mol. The van der Waals surface area contributed by atoms with Gasteiger partial charge < -0.3 is 9.47 Å². The van der Waals surface area contributed by atoms with Crippen LogP contribution in [0.2, 0.25) is 5.02 Å². The van der Waals surface area contributed by atoms with E-state index in [0.29, 0.717) is 35.3 Å². The number of halogens is 2. The summed E-state index contributed by atoms with van der Waals surface area (Å²) in [5.41, 5.74) is 4.68. The smallest absolute Gasteiger partial charge is 0.271 e. The molecule has 3 aromatic rings. The Labute approximate surface area is 188 Å². The third kappa shape index (κ3) is 6.08. The van der Waals surface area contributed by atoms with E-state index in [-0.39, 0.29) is 5.91 Å². The van der Waals surface area contributed by atoms with Gasteiger partial charge in [0.05, 0.1) is 12.8 Å². The molecule has 3 rings (SSSR count). The number of nitrogens with one attached hydrogen (secondary N) is 1. The Hall–Kier alpha value is -2.83. The molecular weight excluding hydrogens is 468 g/mol. The van der Waals surface area contributed by atoms with Crippen LogP contribution in [0.15, 0.2) is 76.3 Å². The van der Waals surface area contributed by atoms with Gasteiger partial charge in [-0.15, -0.1) is 0 Å². The van der Waals surface area contributed by atoms with Gasteiger partial charge in [-0.3, -0.25) is 4.79 Å². The van der Waals surface area contributed by atoms with Crippen molar-refractivity contribution < 1.29 is 14.3 Å². The maximum Gasteiger partial charge on any atom is 0.271 e. The van der Waals surface area contributed by atoms with Crippen molar-refractivity contribution in [1.82, 2.24) is 5.43 Å². The fourth-order valence-corrected chi connectivity index (χ4v) is 3.21. The second-order valence-corrected chi connectivity index (χ2v) is 7.55. The Morgan fingerprint density at radius 2 is 1.90 bits per heavy atom. The van der Waals surface area contributed by atoms with Gasteiger partial charge in [0.15, 0.2) is 11.5 Å². The largest absolute Gasteiger partial charge is 0.490 e. The highest BCUT2D eigenvalue weighted by Crippen LogP contribution is 2.29. The van der Waals surface area contributed by atoms with E-state index >= 15 is 0 Å². The second-order valence-electron chi connectivity index (χ2n) is 6.23. The molecule has 0 aromatic heterocycles. The first-order valence-electron chi connectivity index (χ1n) is 9.29. The molecule has 0 unspecified atom stereocenters. The van der Waals surface area contributed by atoms with E-state index < -0.39 is 0 Å². The molecule has 30 heavy (non-hydrogen) atoms. The standard InChI is InChI=1S/C23H20BrClN2O3/c1-2-29-22-12-16(14-26-27-23(28)17-7-5-8-19(24)13-17)10-11-21(22)30-15-18-6-3-4-9-20(18)25/h3-14H,2,15H2,1H3,(H,27,28)/b26-14-. The van der Waals surface area contributed by atoms with Gasteiger partial charge in [0, 0.05) is 20.6 Å². The highest BCUT2D eigenvalue weighted by molar-refractivity contribution is 9.10. The third-order valence-corrected chi connectivity index (χ3v) is 4.94. The Bertz CT molecular complexity index is 1060. The van der Waals surface area contributed by atoms with Gasteiger partial charge in [0.1, 0.15) is 6.61 Å². The molecule has 1 amide bonds. The van der Waals surface area contributed by atoms with Crippen LogP contribution in [0.25, 0.3) is 0 Å². The van der Waals surface area contributed by atoms with Crippen LogP contribution in [0.5, 0.6) is 11.5 Å². The maximum atomic E-state index is 12.2. The summed E-state index contributed by atoms with van der Waals surface area (Å²) in [6, 6.07) is 20.1. The van der Waals surface area contributed by atoms with E-state index in [1.165, 1.54) is 0 Å². The number of nitrogens with zero attached hydrogens (tertiary/aromatic N) is 1. The molecule has 5 nitrogen and oxygen atoms in total. The fraction of sp³-hybridized carbons (Fsp3) is 0.130. The van der Waals surface area contributed by atoms with E-state index in [1.54, 1.807) is 36.5 Å². The van der Waals surface area contributed by atoms with E-state index in [1.807, 2.05) is 43.3 Å². The number of amides is 1. The number of rotatable bonds is 8. The highest BCUT2D eigenvalue weighted by Gasteiger charge is 2.08. The minimum absolute atomic E-state index is 0.294. The van der Waals surface area contributed by atoms with Crippen molar-refractivity contribution in [2.24, 2.45) is 5.10 Å². The predicted octanol–water partition coefficient (Wildman–Crippen LogP) is 5.84. The highest BCUT2D eigenvalue weighted by atomic mass is 79.9. The van der Waals surface area contributed by atoms with Gasteiger partial charge in [-0.1, -0.05) is 51.8 Å². The molecule has 3 aromatic carbocycles. The van der Waals surface area contributed by atoms with Crippen molar-refractivity contribution in [3.63, 3.8) is 0 Å². The van der Waals surface area contributed by atoms with E-state index in [0.717, 1.165) is 15.6 Å². The zero-order chi connectivity index (χ0) is 21.3. The van der Waals surface area contributed by atoms with Crippen LogP contribution in [0.1, 0.15) is 28.4 Å². The van der Waals surface area contributed by atoms with Crippen LogP contribution in [0, 0.1) is 0 Å². The summed E-state index contributed by atoms with van der Waals surface area (Å²) in [5, 5.41) is 4.68. The molecule has 0 aliphatic heterocycles. The van der Waals surface area contributed by atoms with Crippen LogP contribution >= 0.6 is 27.5 Å². The molecule has 1 N–H and O–H groups in total. The Morgan fingerprint density at radius 1 is 1.07 bits per heavy atom. The van der Waals surface area contributed by atoms with E-state index in [4.69, 9.17) is 21.1 Å². The number of carbonyl (C=O) groups excluding carboxylic acids is 1. The van der Waals surface area contributed by atoms with Crippen molar-refractivity contribution in [2.75, 3.05) is 6.61 Å². The molecule has 0 saturated carbocycles. The molecule has 0 aliphatic rings. The summed E-state index contributed by atoms with van der Waals surface area (Å²) in [6.45, 7) is 2.72. The minimum Gasteiger partial charge on any atom is -0.490 e. The number of ether oxygens (including phenoxy) is 2. The van der Waals surface area contributed by atoms with Crippen LogP contribution in [-0.4, -0.2) is 18.7 Å². The van der Waals surface area contributed by atoms with E-state index in [2.05, 4.69) is 26.5 Å². The van der Waals surface area contributed by atoms with Gasteiger partial charge in [0.25, 0.3) is 5.91 Å². The van der Waals surface area contributed by atoms with Crippen molar-refractivity contribution in [2.45, 2.75) is 13.5 Å². The molecule has 7 heteroatoms. The van der Waals surface area contributed by atoms with Gasteiger partial charge in [-0.2, -0.15) is 5.10 Å². The zero-order valence-electron chi connectivity index (χ0n) is 16.3. The van der Waals surface area contributed by atoms with Gasteiger partial charge in [0.2, 0.25) is 0 Å². The summed E-state index contributed by atoms with van der Waals surface area (Å²) in [4.78, 5) is 12.2. The number of hydrazone groups is 1. The van der Waals surface area contributed by atoms with Crippen molar-refractivity contribution in [3.05, 3.63) is 92.9 Å². The SMILES string of the molecule is CCOc1cc(/C=N\NC(=O)c2cccc(Br)c2)ccc1OCc1ccccc1Cl. The molecule has 0 fully saturated rings. The molecule has 0 heterocycles. The Morgan fingerprint density at radius 3 is 2.67 bits per heavy atom. The van der Waals surface area contributed by atoms with Crippen LogP contribution in [0.4, 0.5) is 0 Å². The molecule has 0 bridgehead atoms. The van der Waals surface area contributed by atoms with E-state index in [9.17, 15) is 4.79 Å². The molecule has 154 valence electrons. The zero-order valence-corrected chi connectivity index (χ0v) is 18.6. The summed E-state index contributed by atoms with van der Waals surface area (Å²) in [5.74, 6) is 0.899. The molecule has 0 spiro atoms. The minimum atomic E-state index is -0.294. The molecule has 0 radical (unpaired) electrons. The number of hydrogen-bond donors (Lipinski definition) is 1. The third-order valence-electron chi connectivity index (χ3n) is 4.08. The lowest BCUT2D eigenvalue weighted by molar-refractivity contribution is 0.0955. The normalized spacial score (nSPS) is 10.8. The Balaban J connectivity index is 1.67. The fourth-order valence-electron chi connectivity index (χ4n) is 2.62. The topological polar surface area (TPSA) is 59.9 Å². The van der Waals surface area contributed by atoms with Crippen molar-refractivity contribution in [3.8, 4) is 11.5 Å². The summed E-state index contributed by atoms with van der Waals surface area (Å²) in [7, 11) is 0. The summed E-state index contributed by atoms with van der Waals surface area (Å²) in [6.07, 6.45) is 1.55. The molecular formula is C23H20BrClN2O3. The van der Waals surface area contributed by atoms with Crippen molar-refractivity contribution in [1.29, 1.82) is 0 Å². The number of hydrogen-bond acceptors (Lipinski definition) is 4. The van der Waals surface area contributed by atoms with Crippen molar-refractivity contribution >= 4 is 39.7 Å². The van der Waals surface area contributed by atoms with Gasteiger partial charge >= 0.3 is 0 Å². The number of benzene rings is 3. The van der Waals surface area contributed by atoms with Crippen LogP contribution in [0.3, 0.4) is 0 Å². The van der Waals surface area contributed by atoms with Crippen LogP contribution < -0.4 is 14.9 Å². The lowest BCUT2D eigenvalue weighted by Gasteiger charge is -2.13. The first kappa shape index (κ1) is 21.9.